The Balaban J connectivity index is 1.88. The first-order valence-corrected chi connectivity index (χ1v) is 7.99. The second-order valence-corrected chi connectivity index (χ2v) is 6.11. The molecule has 0 saturated carbocycles. The summed E-state index contributed by atoms with van der Waals surface area (Å²) in [5.74, 6) is -0.351. The van der Waals surface area contributed by atoms with E-state index in [0.717, 1.165) is 15.8 Å². The highest BCUT2D eigenvalue weighted by Crippen LogP contribution is 2.23. The third-order valence-electron chi connectivity index (χ3n) is 4.39. The van der Waals surface area contributed by atoms with Gasteiger partial charge in [-0.3, -0.25) is 23.7 Å². The van der Waals surface area contributed by atoms with E-state index in [4.69, 9.17) is 4.74 Å². The van der Waals surface area contributed by atoms with Gasteiger partial charge in [-0.05, 0) is 24.6 Å². The highest BCUT2D eigenvalue weighted by atomic mass is 16.5. The maximum Gasteiger partial charge on any atom is 0.331 e. The molecule has 8 nitrogen and oxygen atoms in total. The third kappa shape index (κ3) is 3.25. The van der Waals surface area contributed by atoms with E-state index in [-0.39, 0.29) is 17.7 Å². The summed E-state index contributed by atoms with van der Waals surface area (Å²) in [5.41, 5.74) is 0.882. The van der Waals surface area contributed by atoms with Gasteiger partial charge in [-0.1, -0.05) is 0 Å². The zero-order chi connectivity index (χ0) is 18.1. The quantitative estimate of drug-likeness (QED) is 0.765. The Morgan fingerprint density at radius 1 is 1.24 bits per heavy atom. The van der Waals surface area contributed by atoms with E-state index in [9.17, 15) is 14.4 Å². The minimum atomic E-state index is -0.523. The smallest absolute Gasteiger partial charge is 0.331 e. The minimum absolute atomic E-state index is 0.0830. The molecule has 1 saturated heterocycles. The summed E-state index contributed by atoms with van der Waals surface area (Å²) >= 11 is 0. The van der Waals surface area contributed by atoms with Crippen LogP contribution in [0.3, 0.4) is 0 Å². The SMILES string of the molecule is Cc1cc([C@@H]2CN(C(=O)c3cc(=O)n(C)c(=O)n3C)CCO2)ccn1. The van der Waals surface area contributed by atoms with Crippen molar-refractivity contribution in [3.05, 3.63) is 62.2 Å². The number of morpholine rings is 1. The fourth-order valence-corrected chi connectivity index (χ4v) is 2.90. The lowest BCUT2D eigenvalue weighted by Crippen LogP contribution is -2.46. The number of nitrogens with zero attached hydrogens (tertiary/aromatic N) is 4. The molecule has 0 N–H and O–H groups in total. The van der Waals surface area contributed by atoms with Gasteiger partial charge in [0.15, 0.2) is 0 Å². The number of hydrogen-bond acceptors (Lipinski definition) is 5. The molecule has 0 bridgehead atoms. The van der Waals surface area contributed by atoms with Crippen molar-refractivity contribution >= 4 is 5.91 Å². The third-order valence-corrected chi connectivity index (χ3v) is 4.39. The number of aromatic nitrogens is 3. The fourth-order valence-electron chi connectivity index (χ4n) is 2.90. The van der Waals surface area contributed by atoms with Crippen molar-refractivity contribution in [1.29, 1.82) is 0 Å². The van der Waals surface area contributed by atoms with Gasteiger partial charge in [0.25, 0.3) is 11.5 Å². The molecule has 3 rings (SSSR count). The Morgan fingerprint density at radius 3 is 2.72 bits per heavy atom. The predicted octanol–water partition coefficient (Wildman–Crippen LogP) is 0.00112. The van der Waals surface area contributed by atoms with Gasteiger partial charge in [0.05, 0.1) is 13.2 Å². The van der Waals surface area contributed by atoms with Crippen molar-refractivity contribution in [3.63, 3.8) is 0 Å². The maximum absolute atomic E-state index is 12.8. The minimum Gasteiger partial charge on any atom is -0.370 e. The van der Waals surface area contributed by atoms with E-state index in [2.05, 4.69) is 4.98 Å². The zero-order valence-corrected chi connectivity index (χ0v) is 14.4. The molecular formula is C17H20N4O4. The number of carbonyl (C=O) groups excluding carboxylic acids is 1. The van der Waals surface area contributed by atoms with E-state index in [1.807, 2.05) is 19.1 Å². The molecule has 1 amide bonds. The fraction of sp³-hybridized carbons (Fsp3) is 0.412. The number of carbonyl (C=O) groups is 1. The van der Waals surface area contributed by atoms with Crippen LogP contribution in [-0.4, -0.2) is 44.6 Å². The normalized spacial score (nSPS) is 17.6. The molecule has 25 heavy (non-hydrogen) atoms. The second-order valence-electron chi connectivity index (χ2n) is 6.11. The van der Waals surface area contributed by atoms with Crippen LogP contribution in [0.4, 0.5) is 0 Å². The highest BCUT2D eigenvalue weighted by molar-refractivity contribution is 5.92. The lowest BCUT2D eigenvalue weighted by atomic mass is 10.1. The number of amides is 1. The molecule has 1 atom stereocenters. The summed E-state index contributed by atoms with van der Waals surface area (Å²) in [6.07, 6.45) is 1.45. The molecule has 1 aliphatic heterocycles. The average Bonchev–Trinajstić information content (AvgIpc) is 2.62. The molecule has 132 valence electrons. The van der Waals surface area contributed by atoms with E-state index in [1.54, 1.807) is 11.1 Å². The van der Waals surface area contributed by atoms with Crippen LogP contribution in [0.2, 0.25) is 0 Å². The second kappa shape index (κ2) is 6.64. The molecule has 0 spiro atoms. The lowest BCUT2D eigenvalue weighted by Gasteiger charge is -2.33. The van der Waals surface area contributed by atoms with Gasteiger partial charge in [-0.25, -0.2) is 4.79 Å². The monoisotopic (exact) mass is 344 g/mol. The number of rotatable bonds is 2. The topological polar surface area (TPSA) is 86.4 Å². The van der Waals surface area contributed by atoms with Crippen LogP contribution >= 0.6 is 0 Å². The van der Waals surface area contributed by atoms with Crippen LogP contribution in [0.1, 0.15) is 27.8 Å². The van der Waals surface area contributed by atoms with Crippen molar-refractivity contribution in [2.45, 2.75) is 13.0 Å². The van der Waals surface area contributed by atoms with Crippen LogP contribution in [0.15, 0.2) is 34.0 Å². The number of ether oxygens (including phenoxy) is 1. The van der Waals surface area contributed by atoms with Crippen LogP contribution in [-0.2, 0) is 18.8 Å². The van der Waals surface area contributed by atoms with Crippen molar-refractivity contribution in [1.82, 2.24) is 19.0 Å². The summed E-state index contributed by atoms with van der Waals surface area (Å²) in [7, 11) is 2.87. The summed E-state index contributed by atoms with van der Waals surface area (Å²) in [4.78, 5) is 42.5. The summed E-state index contributed by atoms with van der Waals surface area (Å²) < 4.78 is 7.95. The van der Waals surface area contributed by atoms with Gasteiger partial charge in [-0.2, -0.15) is 0 Å². The van der Waals surface area contributed by atoms with Crippen molar-refractivity contribution < 1.29 is 9.53 Å². The van der Waals surface area contributed by atoms with Gasteiger partial charge in [0, 0.05) is 38.6 Å². The van der Waals surface area contributed by atoms with Crippen molar-refractivity contribution in [2.75, 3.05) is 19.7 Å². The van der Waals surface area contributed by atoms with Crippen LogP contribution < -0.4 is 11.2 Å². The van der Waals surface area contributed by atoms with Crippen molar-refractivity contribution in [2.24, 2.45) is 14.1 Å². The first kappa shape index (κ1) is 17.1. The molecule has 1 aliphatic rings. The molecule has 0 aromatic carbocycles. The van der Waals surface area contributed by atoms with Crippen LogP contribution in [0.25, 0.3) is 0 Å². The van der Waals surface area contributed by atoms with Gasteiger partial charge in [-0.15, -0.1) is 0 Å². The molecule has 0 radical (unpaired) electrons. The first-order valence-electron chi connectivity index (χ1n) is 7.99. The largest absolute Gasteiger partial charge is 0.370 e. The van der Waals surface area contributed by atoms with E-state index in [0.29, 0.717) is 19.7 Å². The molecule has 1 fully saturated rings. The van der Waals surface area contributed by atoms with Gasteiger partial charge in [0.1, 0.15) is 11.8 Å². The van der Waals surface area contributed by atoms with E-state index < -0.39 is 11.2 Å². The summed E-state index contributed by atoms with van der Waals surface area (Å²) in [5, 5.41) is 0. The maximum atomic E-state index is 12.8. The van der Waals surface area contributed by atoms with Crippen molar-refractivity contribution in [3.8, 4) is 0 Å². The van der Waals surface area contributed by atoms with Gasteiger partial charge < -0.3 is 9.64 Å². The zero-order valence-electron chi connectivity index (χ0n) is 14.4. The van der Waals surface area contributed by atoms with E-state index in [1.165, 1.54) is 24.7 Å². The summed E-state index contributed by atoms with van der Waals surface area (Å²) in [6.45, 7) is 3.04. The highest BCUT2D eigenvalue weighted by Gasteiger charge is 2.28. The Bertz CT molecular complexity index is 931. The summed E-state index contributed by atoms with van der Waals surface area (Å²) in [6, 6.07) is 4.98. The molecule has 0 unspecified atom stereocenters. The molecule has 2 aromatic heterocycles. The Hall–Kier alpha value is -2.74. The molecule has 0 aliphatic carbocycles. The molecule has 3 heterocycles. The van der Waals surface area contributed by atoms with Gasteiger partial charge >= 0.3 is 5.69 Å². The van der Waals surface area contributed by atoms with Gasteiger partial charge in [0.2, 0.25) is 0 Å². The van der Waals surface area contributed by atoms with Crippen LogP contribution in [0, 0.1) is 6.92 Å². The first-order chi connectivity index (χ1) is 11.9. The Labute approximate surface area is 144 Å². The standard InChI is InChI=1S/C17H20N4O4/c1-11-8-12(4-5-18-11)14-10-21(6-7-25-14)16(23)13-9-15(22)20(3)17(24)19(13)2/h4-5,8-9,14H,6-7,10H2,1-3H3/t14-/m0/s1. The molecule has 2 aromatic rings. The number of pyridine rings is 1. The Morgan fingerprint density at radius 2 is 2.00 bits per heavy atom. The van der Waals surface area contributed by atoms with Crippen LogP contribution in [0.5, 0.6) is 0 Å². The van der Waals surface area contributed by atoms with E-state index >= 15 is 0 Å². The molecule has 8 heteroatoms. The average molecular weight is 344 g/mol. The molecular weight excluding hydrogens is 324 g/mol. The lowest BCUT2D eigenvalue weighted by molar-refractivity contribution is -0.0232. The number of hydrogen-bond donors (Lipinski definition) is 0. The predicted molar refractivity (Wildman–Crippen MR) is 90.5 cm³/mol. The Kier molecular flexibility index (Phi) is 4.54. The number of aryl methyl sites for hydroxylation is 1.